The van der Waals surface area contributed by atoms with Crippen LogP contribution in [0.2, 0.25) is 0 Å². The molecule has 0 amide bonds. The van der Waals surface area contributed by atoms with Crippen molar-refractivity contribution in [2.45, 2.75) is 26.3 Å². The van der Waals surface area contributed by atoms with E-state index in [1.807, 2.05) is 13.0 Å². The molecule has 0 spiro atoms. The van der Waals surface area contributed by atoms with Crippen LogP contribution < -0.4 is 5.32 Å². The van der Waals surface area contributed by atoms with E-state index in [4.69, 9.17) is 0 Å². The molecule has 52 valence electrons. The van der Waals surface area contributed by atoms with Crippen molar-refractivity contribution in [3.05, 3.63) is 12.2 Å². The van der Waals surface area contributed by atoms with E-state index in [-0.39, 0.29) is 5.54 Å². The van der Waals surface area contributed by atoms with E-state index in [0.717, 1.165) is 0 Å². The van der Waals surface area contributed by atoms with Crippen LogP contribution in [0.4, 0.5) is 0 Å². The van der Waals surface area contributed by atoms with Crippen molar-refractivity contribution in [2.75, 3.05) is 0 Å². The van der Waals surface area contributed by atoms with Gasteiger partial charge in [0.15, 0.2) is 0 Å². The number of nitrogens with one attached hydrogen (secondary N) is 1. The van der Waals surface area contributed by atoms with Crippen LogP contribution in [-0.2, 0) is 0 Å². The Morgan fingerprint density at radius 1 is 1.44 bits per heavy atom. The fourth-order valence-corrected chi connectivity index (χ4v) is 0.920. The summed E-state index contributed by atoms with van der Waals surface area (Å²) < 4.78 is 0. The van der Waals surface area contributed by atoms with E-state index in [2.05, 4.69) is 37.5 Å². The van der Waals surface area contributed by atoms with E-state index in [0.29, 0.717) is 0 Å². The third-order valence-corrected chi connectivity index (χ3v) is 1.13. The van der Waals surface area contributed by atoms with Crippen LogP contribution in [0.1, 0.15) is 20.8 Å². The lowest BCUT2D eigenvalue weighted by molar-refractivity contribution is 0.586. The Labute approximate surface area is 62.1 Å². The summed E-state index contributed by atoms with van der Waals surface area (Å²) in [6.07, 6.45) is 4.07. The van der Waals surface area contributed by atoms with Gasteiger partial charge in [-0.25, -0.2) is 0 Å². The van der Waals surface area contributed by atoms with Crippen LogP contribution in [0.5, 0.6) is 0 Å². The smallest absolute Gasteiger partial charge is 0.0621 e. The fourth-order valence-electron chi connectivity index (χ4n) is 0.617. The van der Waals surface area contributed by atoms with E-state index in [1.165, 1.54) is 0 Å². The minimum absolute atomic E-state index is 0.0104. The number of allylic oxidation sites excluding steroid dienone is 1. The minimum atomic E-state index is 0.0104. The third-order valence-electron chi connectivity index (χ3n) is 1.01. The van der Waals surface area contributed by atoms with Crippen LogP contribution >= 0.6 is 12.2 Å². The Balaban J connectivity index is 3.84. The largest absolute Gasteiger partial charge is 0.374 e. The fraction of sp³-hybridized carbons (Fsp3) is 0.571. The van der Waals surface area contributed by atoms with Crippen molar-refractivity contribution in [3.8, 4) is 0 Å². The van der Waals surface area contributed by atoms with E-state index < -0.39 is 0 Å². The van der Waals surface area contributed by atoms with Crippen LogP contribution in [0.3, 0.4) is 0 Å². The number of hydrogen-bond donors (Lipinski definition) is 1. The lowest BCUT2D eigenvalue weighted by atomic mass is 10.1. The van der Waals surface area contributed by atoms with Gasteiger partial charge in [0, 0.05) is 0 Å². The molecule has 0 unspecified atom stereocenters. The topological polar surface area (TPSA) is 12.0 Å². The maximum Gasteiger partial charge on any atom is 0.0621 e. The van der Waals surface area contributed by atoms with Gasteiger partial charge in [0.1, 0.15) is 0 Å². The van der Waals surface area contributed by atoms with Gasteiger partial charge in [-0.1, -0.05) is 24.4 Å². The lowest BCUT2D eigenvalue weighted by Crippen LogP contribution is -2.35. The predicted molar refractivity (Wildman–Crippen MR) is 45.7 cm³/mol. The molecule has 2 heteroatoms. The van der Waals surface area contributed by atoms with Crippen LogP contribution in [0.25, 0.3) is 0 Å². The van der Waals surface area contributed by atoms with Gasteiger partial charge in [0.2, 0.25) is 0 Å². The highest BCUT2D eigenvalue weighted by molar-refractivity contribution is 7.78. The molecule has 0 fully saturated rings. The standard InChI is InChI=1S/C7H13NS/c1-4-5-7(2,3)8-6-9/h4-6H,1-3H3,(H,8,9)/b5-4-. The van der Waals surface area contributed by atoms with E-state index in [9.17, 15) is 0 Å². The normalized spacial score (nSPS) is 11.9. The quantitative estimate of drug-likeness (QED) is 0.478. The van der Waals surface area contributed by atoms with Crippen LogP contribution in [0, 0.1) is 0 Å². The molecule has 0 aliphatic carbocycles. The lowest BCUT2D eigenvalue weighted by Gasteiger charge is -2.19. The van der Waals surface area contributed by atoms with Gasteiger partial charge in [0.25, 0.3) is 0 Å². The molecular weight excluding hydrogens is 130 g/mol. The highest BCUT2D eigenvalue weighted by Crippen LogP contribution is 2.01. The molecule has 0 aliphatic rings. The predicted octanol–water partition coefficient (Wildman–Crippen LogP) is 1.89. The summed E-state index contributed by atoms with van der Waals surface area (Å²) in [6, 6.07) is 0. The molecule has 1 N–H and O–H groups in total. The molecular formula is C7H13NS. The zero-order valence-electron chi connectivity index (χ0n) is 6.14. The molecule has 0 atom stereocenters. The highest BCUT2D eigenvalue weighted by atomic mass is 32.1. The zero-order valence-corrected chi connectivity index (χ0v) is 6.96. The molecule has 0 radical (unpaired) electrons. The molecule has 9 heavy (non-hydrogen) atoms. The molecule has 0 aromatic carbocycles. The first-order valence-electron chi connectivity index (χ1n) is 2.97. The Bertz CT molecular complexity index is 116. The first kappa shape index (κ1) is 8.63. The van der Waals surface area contributed by atoms with Crippen LogP contribution in [0.15, 0.2) is 12.2 Å². The molecule has 0 aromatic heterocycles. The van der Waals surface area contributed by atoms with Gasteiger partial charge in [0.05, 0.1) is 11.0 Å². The second-order valence-electron chi connectivity index (χ2n) is 2.48. The first-order chi connectivity index (χ1) is 4.12. The van der Waals surface area contributed by atoms with E-state index >= 15 is 0 Å². The van der Waals surface area contributed by atoms with Crippen molar-refractivity contribution in [1.29, 1.82) is 0 Å². The molecule has 0 rings (SSSR count). The summed E-state index contributed by atoms with van der Waals surface area (Å²) >= 11 is 4.64. The summed E-state index contributed by atoms with van der Waals surface area (Å²) in [6.45, 7) is 6.12. The molecule has 0 saturated heterocycles. The Hall–Kier alpha value is -0.370. The monoisotopic (exact) mass is 143 g/mol. The summed E-state index contributed by atoms with van der Waals surface area (Å²) in [7, 11) is 0. The zero-order chi connectivity index (χ0) is 7.33. The summed E-state index contributed by atoms with van der Waals surface area (Å²) in [5.74, 6) is 0. The van der Waals surface area contributed by atoms with Gasteiger partial charge in [-0.2, -0.15) is 0 Å². The number of hydrogen-bond acceptors (Lipinski definition) is 1. The van der Waals surface area contributed by atoms with Gasteiger partial charge in [-0.3, -0.25) is 0 Å². The first-order valence-corrected chi connectivity index (χ1v) is 3.45. The molecule has 0 saturated carbocycles. The Kier molecular flexibility index (Phi) is 3.47. The van der Waals surface area contributed by atoms with Crippen molar-refractivity contribution < 1.29 is 0 Å². The SMILES string of the molecule is C/C=C\C(C)(C)NC=S. The highest BCUT2D eigenvalue weighted by Gasteiger charge is 2.08. The van der Waals surface area contributed by atoms with Gasteiger partial charge in [-0.15, -0.1) is 0 Å². The second kappa shape index (κ2) is 3.62. The summed E-state index contributed by atoms with van der Waals surface area (Å²) in [4.78, 5) is 0. The molecule has 0 heterocycles. The van der Waals surface area contributed by atoms with Crippen molar-refractivity contribution in [1.82, 2.24) is 5.32 Å². The van der Waals surface area contributed by atoms with Crippen molar-refractivity contribution in [2.24, 2.45) is 0 Å². The Morgan fingerprint density at radius 3 is 2.33 bits per heavy atom. The molecule has 1 nitrogen and oxygen atoms in total. The Morgan fingerprint density at radius 2 is 2.00 bits per heavy atom. The second-order valence-corrected chi connectivity index (χ2v) is 2.72. The summed E-state index contributed by atoms with van der Waals surface area (Å²) in [5.41, 5.74) is 1.55. The van der Waals surface area contributed by atoms with E-state index in [1.54, 1.807) is 5.49 Å². The summed E-state index contributed by atoms with van der Waals surface area (Å²) in [5, 5.41) is 3.03. The third kappa shape index (κ3) is 4.15. The van der Waals surface area contributed by atoms with Gasteiger partial charge < -0.3 is 5.32 Å². The maximum absolute atomic E-state index is 4.64. The van der Waals surface area contributed by atoms with Crippen LogP contribution in [-0.4, -0.2) is 11.0 Å². The molecule has 0 aliphatic heterocycles. The molecule has 0 aromatic rings. The average Bonchev–Trinajstić information content (AvgIpc) is 1.64. The van der Waals surface area contributed by atoms with Gasteiger partial charge in [-0.05, 0) is 20.8 Å². The molecule has 0 bridgehead atoms. The van der Waals surface area contributed by atoms with Crippen molar-refractivity contribution in [3.63, 3.8) is 0 Å². The minimum Gasteiger partial charge on any atom is -0.374 e. The van der Waals surface area contributed by atoms with Crippen molar-refractivity contribution >= 4 is 17.7 Å². The van der Waals surface area contributed by atoms with Gasteiger partial charge >= 0.3 is 0 Å². The number of thiocarbonyl (C=S) groups is 1. The maximum atomic E-state index is 4.64. The number of rotatable bonds is 3. The average molecular weight is 143 g/mol.